The molecule has 2 aromatic rings. The van der Waals surface area contributed by atoms with Gasteiger partial charge in [-0.2, -0.15) is 5.10 Å². The minimum Gasteiger partial charge on any atom is -0.366 e. The molecular weight excluding hydrogens is 304 g/mol. The van der Waals surface area contributed by atoms with Crippen LogP contribution in [-0.4, -0.2) is 53.4 Å². The Hall–Kier alpha value is -2.18. The molecule has 1 aromatic carbocycles. The van der Waals surface area contributed by atoms with E-state index >= 15 is 0 Å². The lowest BCUT2D eigenvalue weighted by atomic mass is 10.1. The van der Waals surface area contributed by atoms with Crippen molar-refractivity contribution in [2.75, 3.05) is 26.7 Å². The van der Waals surface area contributed by atoms with Crippen molar-refractivity contribution >= 4 is 5.91 Å². The summed E-state index contributed by atoms with van der Waals surface area (Å²) in [6, 6.07) is 10.0. The number of nitrogens with zero attached hydrogens (tertiary/aromatic N) is 3. The van der Waals surface area contributed by atoms with Crippen LogP contribution in [0.3, 0.4) is 0 Å². The topological polar surface area (TPSA) is 59.4 Å². The number of rotatable bonds is 4. The first-order valence-corrected chi connectivity index (χ1v) is 8.24. The summed E-state index contributed by atoms with van der Waals surface area (Å²) in [5.41, 5.74) is 4.07. The van der Waals surface area contributed by atoms with Crippen LogP contribution < -0.4 is 5.32 Å². The number of carbonyl (C=O) groups excluding carboxylic acids is 1. The second kappa shape index (κ2) is 7.15. The number of hydrogen-bond donors (Lipinski definition) is 1. The molecule has 128 valence electrons. The number of morpholine rings is 1. The van der Waals surface area contributed by atoms with E-state index in [0.717, 1.165) is 29.2 Å². The molecule has 0 aliphatic carbocycles. The van der Waals surface area contributed by atoms with Crippen molar-refractivity contribution in [2.24, 2.45) is 0 Å². The van der Waals surface area contributed by atoms with Crippen LogP contribution in [0.2, 0.25) is 0 Å². The van der Waals surface area contributed by atoms with Crippen LogP contribution in [0.4, 0.5) is 0 Å². The van der Waals surface area contributed by atoms with Gasteiger partial charge in [-0.05, 0) is 38.6 Å². The van der Waals surface area contributed by atoms with E-state index < -0.39 is 6.10 Å². The average Bonchev–Trinajstić information content (AvgIpc) is 2.91. The van der Waals surface area contributed by atoms with Gasteiger partial charge in [-0.25, -0.2) is 4.68 Å². The molecule has 0 saturated carbocycles. The summed E-state index contributed by atoms with van der Waals surface area (Å²) in [6.07, 6.45) is -0.399. The van der Waals surface area contributed by atoms with Crippen molar-refractivity contribution in [3.8, 4) is 5.69 Å². The van der Waals surface area contributed by atoms with E-state index in [-0.39, 0.29) is 5.91 Å². The summed E-state index contributed by atoms with van der Waals surface area (Å²) in [6.45, 7) is 6.55. The molecule has 1 aliphatic rings. The molecule has 2 heterocycles. The maximum Gasteiger partial charge on any atom is 0.250 e. The molecule has 1 fully saturated rings. The Morgan fingerprint density at radius 2 is 2.17 bits per heavy atom. The molecule has 0 bridgehead atoms. The number of amides is 1. The quantitative estimate of drug-likeness (QED) is 0.922. The Labute approximate surface area is 142 Å². The molecule has 1 N–H and O–H groups in total. The second-order valence-electron chi connectivity index (χ2n) is 6.31. The van der Waals surface area contributed by atoms with E-state index in [1.54, 1.807) is 0 Å². The highest BCUT2D eigenvalue weighted by atomic mass is 16.5. The lowest BCUT2D eigenvalue weighted by Crippen LogP contribution is -2.48. The number of benzene rings is 1. The largest absolute Gasteiger partial charge is 0.366 e. The summed E-state index contributed by atoms with van der Waals surface area (Å²) >= 11 is 0. The third-order valence-electron chi connectivity index (χ3n) is 4.24. The van der Waals surface area contributed by atoms with Crippen molar-refractivity contribution in [1.29, 1.82) is 0 Å². The number of para-hydroxylation sites is 1. The van der Waals surface area contributed by atoms with Crippen LogP contribution >= 0.6 is 0 Å². The number of ether oxygens (including phenoxy) is 1. The summed E-state index contributed by atoms with van der Waals surface area (Å²) in [7, 11) is 2.00. The molecule has 1 aromatic heterocycles. The molecule has 0 radical (unpaired) electrons. The fraction of sp³-hybridized carbons (Fsp3) is 0.444. The van der Waals surface area contributed by atoms with Gasteiger partial charge in [0, 0.05) is 25.3 Å². The molecule has 1 saturated heterocycles. The van der Waals surface area contributed by atoms with Gasteiger partial charge in [0.15, 0.2) is 0 Å². The van der Waals surface area contributed by atoms with Gasteiger partial charge in [0.2, 0.25) is 0 Å². The Morgan fingerprint density at radius 1 is 1.38 bits per heavy atom. The zero-order valence-electron chi connectivity index (χ0n) is 14.5. The number of likely N-dealkylation sites (N-methyl/N-ethyl adjacent to an activating group) is 1. The van der Waals surface area contributed by atoms with E-state index in [9.17, 15) is 4.79 Å². The maximum absolute atomic E-state index is 12.4. The number of carbonyl (C=O) groups is 1. The van der Waals surface area contributed by atoms with E-state index in [0.29, 0.717) is 19.7 Å². The van der Waals surface area contributed by atoms with Crippen LogP contribution in [0.25, 0.3) is 5.69 Å². The number of hydrogen-bond acceptors (Lipinski definition) is 4. The van der Waals surface area contributed by atoms with Crippen LogP contribution in [0.5, 0.6) is 0 Å². The number of aryl methyl sites for hydroxylation is 2. The fourth-order valence-corrected chi connectivity index (χ4v) is 2.97. The van der Waals surface area contributed by atoms with Gasteiger partial charge in [0.1, 0.15) is 6.10 Å². The van der Waals surface area contributed by atoms with E-state index in [4.69, 9.17) is 4.74 Å². The van der Waals surface area contributed by atoms with Crippen molar-refractivity contribution < 1.29 is 9.53 Å². The maximum atomic E-state index is 12.4. The first-order chi connectivity index (χ1) is 11.5. The highest BCUT2D eigenvalue weighted by Crippen LogP contribution is 2.17. The number of nitrogens with one attached hydrogen (secondary N) is 1. The molecule has 1 atom stereocenters. The molecule has 1 aliphatic heterocycles. The molecule has 3 rings (SSSR count). The van der Waals surface area contributed by atoms with Gasteiger partial charge in [-0.1, -0.05) is 18.2 Å². The van der Waals surface area contributed by atoms with Gasteiger partial charge >= 0.3 is 0 Å². The smallest absolute Gasteiger partial charge is 0.250 e. The van der Waals surface area contributed by atoms with Gasteiger partial charge in [0.05, 0.1) is 18.0 Å². The van der Waals surface area contributed by atoms with Crippen LogP contribution in [0, 0.1) is 13.8 Å². The summed E-state index contributed by atoms with van der Waals surface area (Å²) in [4.78, 5) is 14.5. The molecule has 6 heteroatoms. The minimum absolute atomic E-state index is 0.0651. The second-order valence-corrected chi connectivity index (χ2v) is 6.31. The Kier molecular flexibility index (Phi) is 4.97. The van der Waals surface area contributed by atoms with Gasteiger partial charge in [-0.3, -0.25) is 4.79 Å². The van der Waals surface area contributed by atoms with E-state index in [1.807, 2.05) is 55.9 Å². The molecule has 0 unspecified atom stereocenters. The normalized spacial score (nSPS) is 18.5. The first kappa shape index (κ1) is 16.7. The average molecular weight is 328 g/mol. The minimum atomic E-state index is -0.399. The van der Waals surface area contributed by atoms with Gasteiger partial charge in [-0.15, -0.1) is 0 Å². The standard InChI is InChI=1S/C18H24N4O2/c1-13-10-14(2)22(20-13)16-7-5-4-6-15(16)11-19-18(23)17-12-21(3)8-9-24-17/h4-7,10,17H,8-9,11-12H2,1-3H3,(H,19,23)/t17-/m0/s1. The zero-order valence-corrected chi connectivity index (χ0v) is 14.5. The lowest BCUT2D eigenvalue weighted by Gasteiger charge is -2.29. The SMILES string of the molecule is Cc1cc(C)n(-c2ccccc2CNC(=O)[C@@H]2CN(C)CCO2)n1. The predicted octanol–water partition coefficient (Wildman–Crippen LogP) is 1.44. The molecular formula is C18H24N4O2. The number of aromatic nitrogens is 2. The third kappa shape index (κ3) is 3.66. The molecule has 24 heavy (non-hydrogen) atoms. The highest BCUT2D eigenvalue weighted by molar-refractivity contribution is 5.81. The summed E-state index contributed by atoms with van der Waals surface area (Å²) in [5.74, 6) is -0.0651. The van der Waals surface area contributed by atoms with Gasteiger partial charge < -0.3 is 15.0 Å². The van der Waals surface area contributed by atoms with Gasteiger partial charge in [0.25, 0.3) is 5.91 Å². The fourth-order valence-electron chi connectivity index (χ4n) is 2.97. The van der Waals surface area contributed by atoms with Crippen LogP contribution in [0.15, 0.2) is 30.3 Å². The van der Waals surface area contributed by atoms with E-state index in [2.05, 4.69) is 15.3 Å². The summed E-state index contributed by atoms with van der Waals surface area (Å²) < 4.78 is 7.48. The molecule has 1 amide bonds. The van der Waals surface area contributed by atoms with Crippen LogP contribution in [0.1, 0.15) is 17.0 Å². The zero-order chi connectivity index (χ0) is 17.1. The van der Waals surface area contributed by atoms with E-state index in [1.165, 1.54) is 0 Å². The van der Waals surface area contributed by atoms with Crippen molar-refractivity contribution in [3.63, 3.8) is 0 Å². The summed E-state index contributed by atoms with van der Waals surface area (Å²) in [5, 5.41) is 7.53. The monoisotopic (exact) mass is 328 g/mol. The lowest BCUT2D eigenvalue weighted by molar-refractivity contribution is -0.137. The highest BCUT2D eigenvalue weighted by Gasteiger charge is 2.24. The van der Waals surface area contributed by atoms with Crippen molar-refractivity contribution in [2.45, 2.75) is 26.5 Å². The Morgan fingerprint density at radius 3 is 2.88 bits per heavy atom. The predicted molar refractivity (Wildman–Crippen MR) is 92.1 cm³/mol. The Bertz CT molecular complexity index is 726. The third-order valence-corrected chi connectivity index (χ3v) is 4.24. The Balaban J connectivity index is 1.72. The molecule has 0 spiro atoms. The van der Waals surface area contributed by atoms with Crippen molar-refractivity contribution in [1.82, 2.24) is 20.0 Å². The molecule has 6 nitrogen and oxygen atoms in total. The van der Waals surface area contributed by atoms with Crippen LogP contribution in [-0.2, 0) is 16.1 Å². The first-order valence-electron chi connectivity index (χ1n) is 8.24. The van der Waals surface area contributed by atoms with Crippen molar-refractivity contribution in [3.05, 3.63) is 47.3 Å².